The van der Waals surface area contributed by atoms with Gasteiger partial charge in [0.25, 0.3) is 15.5 Å². The van der Waals surface area contributed by atoms with Gasteiger partial charge in [-0.3, -0.25) is 19.7 Å². The number of rotatable bonds is 9. The Labute approximate surface area is 207 Å². The van der Waals surface area contributed by atoms with Crippen molar-refractivity contribution in [1.82, 2.24) is 0 Å². The number of nitrogens with zero attached hydrogens (tertiary/aromatic N) is 1. The van der Waals surface area contributed by atoms with Gasteiger partial charge < -0.3 is 10.6 Å². The van der Waals surface area contributed by atoms with Crippen LogP contribution in [0.5, 0.6) is 0 Å². The zero-order chi connectivity index (χ0) is 28.4. The number of halogens is 7. The van der Waals surface area contributed by atoms with Gasteiger partial charge in [-0.05, 0) is 36.4 Å². The van der Waals surface area contributed by atoms with E-state index in [0.717, 1.165) is 0 Å². The lowest BCUT2D eigenvalue weighted by atomic mass is 10.3. The SMILES string of the molecule is CC(=O)Nc1ccc(NC(=O)CSc2ccc(S(=O)(=O)C(F)(F)C(F)(F)C(F)(F)F)cc2[N+](=O)[O-])cc1. The van der Waals surface area contributed by atoms with Crippen LogP contribution in [0.3, 0.4) is 0 Å². The highest BCUT2D eigenvalue weighted by Crippen LogP contribution is 2.51. The molecule has 0 unspecified atom stereocenters. The van der Waals surface area contributed by atoms with E-state index in [9.17, 15) is 58.9 Å². The van der Waals surface area contributed by atoms with Crippen molar-refractivity contribution < 1.29 is 53.7 Å². The highest BCUT2D eigenvalue weighted by Gasteiger charge is 2.78. The Morgan fingerprint density at radius 1 is 0.946 bits per heavy atom. The highest BCUT2D eigenvalue weighted by molar-refractivity contribution is 8.00. The van der Waals surface area contributed by atoms with Crippen LogP contribution < -0.4 is 10.6 Å². The summed E-state index contributed by atoms with van der Waals surface area (Å²) in [5.41, 5.74) is -0.558. The second kappa shape index (κ2) is 10.5. The minimum Gasteiger partial charge on any atom is -0.326 e. The van der Waals surface area contributed by atoms with Crippen molar-refractivity contribution in [1.29, 1.82) is 0 Å². The number of thioether (sulfide) groups is 1. The molecule has 0 heterocycles. The molecule has 2 rings (SSSR count). The molecule has 0 aromatic heterocycles. The first-order valence-electron chi connectivity index (χ1n) is 9.47. The zero-order valence-electron chi connectivity index (χ0n) is 18.1. The van der Waals surface area contributed by atoms with Crippen molar-refractivity contribution in [3.63, 3.8) is 0 Å². The monoisotopic (exact) mass is 577 g/mol. The van der Waals surface area contributed by atoms with Crippen LogP contribution in [0.2, 0.25) is 0 Å². The summed E-state index contributed by atoms with van der Waals surface area (Å²) in [4.78, 5) is 30.8. The minimum absolute atomic E-state index is 0.101. The van der Waals surface area contributed by atoms with E-state index < -0.39 is 59.3 Å². The second-order valence-electron chi connectivity index (χ2n) is 7.07. The summed E-state index contributed by atoms with van der Waals surface area (Å²) >= 11 is 0.430. The van der Waals surface area contributed by atoms with Gasteiger partial charge in [0.1, 0.15) is 0 Å². The molecule has 9 nitrogen and oxygen atoms in total. The summed E-state index contributed by atoms with van der Waals surface area (Å²) in [6, 6.07) is 6.32. The molecule has 0 fully saturated rings. The van der Waals surface area contributed by atoms with Gasteiger partial charge in [0, 0.05) is 24.4 Å². The molecule has 2 N–H and O–H groups in total. The summed E-state index contributed by atoms with van der Waals surface area (Å²) in [5.74, 6) is -8.62. The lowest BCUT2D eigenvalue weighted by Crippen LogP contribution is -2.55. The molecule has 0 aliphatic heterocycles. The van der Waals surface area contributed by atoms with Gasteiger partial charge in [0.2, 0.25) is 11.8 Å². The van der Waals surface area contributed by atoms with Gasteiger partial charge in [0.05, 0.1) is 20.5 Å². The Morgan fingerprint density at radius 3 is 1.92 bits per heavy atom. The summed E-state index contributed by atoms with van der Waals surface area (Å²) in [7, 11) is -6.76. The van der Waals surface area contributed by atoms with Crippen LogP contribution in [-0.4, -0.2) is 48.3 Å². The third kappa shape index (κ3) is 6.30. The molecule has 0 saturated heterocycles. The van der Waals surface area contributed by atoms with Crippen LogP contribution in [0.4, 0.5) is 47.8 Å². The minimum atomic E-state index is -7.00. The standard InChI is InChI=1S/C19H14F7N3O6S2/c1-10(30)27-11-2-4-12(5-3-11)28-16(31)9-36-15-7-6-13(8-14(15)29(32)33)37(34,35)19(25,26)17(20,21)18(22,23)24/h2-8H,9H2,1H3,(H,27,30)(H,28,31). The normalized spacial score (nSPS) is 12.6. The second-order valence-corrected chi connectivity index (χ2v) is 10.1. The number of nitro benzene ring substituents is 1. The maximum atomic E-state index is 13.8. The molecule has 0 aliphatic rings. The number of hydrogen-bond donors (Lipinski definition) is 2. The molecule has 0 saturated carbocycles. The van der Waals surface area contributed by atoms with Crippen LogP contribution in [-0.2, 0) is 19.4 Å². The average Bonchev–Trinajstić information content (AvgIpc) is 2.77. The zero-order valence-corrected chi connectivity index (χ0v) is 19.7. The maximum absolute atomic E-state index is 13.8. The van der Waals surface area contributed by atoms with Gasteiger partial charge in [-0.25, -0.2) is 8.42 Å². The van der Waals surface area contributed by atoms with Crippen molar-refractivity contribution in [2.45, 2.75) is 34.1 Å². The Kier molecular flexibility index (Phi) is 8.48. The van der Waals surface area contributed by atoms with E-state index in [4.69, 9.17) is 0 Å². The predicted molar refractivity (Wildman–Crippen MR) is 116 cm³/mol. The van der Waals surface area contributed by atoms with Crippen molar-refractivity contribution in [2.24, 2.45) is 0 Å². The molecule has 0 aliphatic carbocycles. The molecule has 18 heteroatoms. The predicted octanol–water partition coefficient (Wildman–Crippen LogP) is 4.85. The number of alkyl halides is 7. The van der Waals surface area contributed by atoms with Gasteiger partial charge in [0.15, 0.2) is 0 Å². The van der Waals surface area contributed by atoms with Crippen molar-refractivity contribution >= 4 is 50.5 Å². The lowest BCUT2D eigenvalue weighted by molar-refractivity contribution is -0.388. The molecule has 2 amide bonds. The molecule has 2 aromatic carbocycles. The number of carbonyl (C=O) groups excluding carboxylic acids is 2. The first-order valence-corrected chi connectivity index (χ1v) is 11.9. The highest BCUT2D eigenvalue weighted by atomic mass is 32.2. The van der Waals surface area contributed by atoms with Crippen molar-refractivity contribution in [3.8, 4) is 0 Å². The third-order valence-electron chi connectivity index (χ3n) is 4.34. The number of carbonyl (C=O) groups is 2. The summed E-state index contributed by atoms with van der Waals surface area (Å²) in [6.07, 6.45) is -6.94. The fourth-order valence-electron chi connectivity index (χ4n) is 2.59. The number of anilines is 2. The van der Waals surface area contributed by atoms with E-state index in [0.29, 0.717) is 23.5 Å². The number of nitrogens with one attached hydrogen (secondary N) is 2. The van der Waals surface area contributed by atoms with E-state index in [-0.39, 0.29) is 23.7 Å². The number of sulfone groups is 1. The van der Waals surface area contributed by atoms with Gasteiger partial charge in [-0.2, -0.15) is 30.7 Å². The first-order chi connectivity index (χ1) is 16.8. The molecule has 0 atom stereocenters. The van der Waals surface area contributed by atoms with Crippen molar-refractivity contribution in [3.05, 3.63) is 52.6 Å². The number of hydrogen-bond acceptors (Lipinski definition) is 7. The molecule has 202 valence electrons. The maximum Gasteiger partial charge on any atom is 0.461 e. The molecule has 2 aromatic rings. The molecular formula is C19H14F7N3O6S2. The molecular weight excluding hydrogens is 563 g/mol. The molecule has 0 radical (unpaired) electrons. The Bertz CT molecular complexity index is 1320. The van der Waals surface area contributed by atoms with E-state index >= 15 is 0 Å². The summed E-state index contributed by atoms with van der Waals surface area (Å²) in [5, 5.41) is 9.50. The smallest absolute Gasteiger partial charge is 0.326 e. The number of benzene rings is 2. The fraction of sp³-hybridized carbons (Fsp3) is 0.263. The number of nitro groups is 1. The summed E-state index contributed by atoms with van der Waals surface area (Å²) in [6.45, 7) is 1.28. The van der Waals surface area contributed by atoms with Crippen LogP contribution in [0.15, 0.2) is 52.3 Å². The van der Waals surface area contributed by atoms with Crippen LogP contribution in [0.25, 0.3) is 0 Å². The topological polar surface area (TPSA) is 135 Å². The Balaban J connectivity index is 2.25. The molecule has 37 heavy (non-hydrogen) atoms. The Morgan fingerprint density at radius 2 is 1.46 bits per heavy atom. The Hall–Kier alpha value is -3.41. The molecule has 0 bridgehead atoms. The molecule has 0 spiro atoms. The van der Waals surface area contributed by atoms with E-state index in [1.807, 2.05) is 0 Å². The van der Waals surface area contributed by atoms with E-state index in [1.54, 1.807) is 0 Å². The summed E-state index contributed by atoms with van der Waals surface area (Å²) < 4.78 is 115. The lowest BCUT2D eigenvalue weighted by Gasteiger charge is -2.27. The third-order valence-corrected chi connectivity index (χ3v) is 7.21. The largest absolute Gasteiger partial charge is 0.461 e. The van der Waals surface area contributed by atoms with Crippen LogP contribution >= 0.6 is 11.8 Å². The fourth-order valence-corrected chi connectivity index (χ4v) is 4.66. The van der Waals surface area contributed by atoms with E-state index in [1.165, 1.54) is 31.2 Å². The first kappa shape index (κ1) is 29.8. The van der Waals surface area contributed by atoms with Gasteiger partial charge in [-0.1, -0.05) is 0 Å². The quantitative estimate of drug-likeness (QED) is 0.188. The van der Waals surface area contributed by atoms with Gasteiger partial charge >= 0.3 is 17.4 Å². The van der Waals surface area contributed by atoms with Crippen LogP contribution in [0, 0.1) is 10.1 Å². The van der Waals surface area contributed by atoms with E-state index in [2.05, 4.69) is 10.6 Å². The van der Waals surface area contributed by atoms with Gasteiger partial charge in [-0.15, -0.1) is 11.8 Å². The average molecular weight is 577 g/mol. The number of amides is 2. The van der Waals surface area contributed by atoms with Crippen LogP contribution in [0.1, 0.15) is 6.92 Å². The van der Waals surface area contributed by atoms with Crippen molar-refractivity contribution in [2.75, 3.05) is 16.4 Å².